The average molecular weight is 270 g/mol. The first kappa shape index (κ1) is 16.9. The number of morpholine rings is 1. The third-order valence-corrected chi connectivity index (χ3v) is 4.75. The van der Waals surface area contributed by atoms with Gasteiger partial charge in [-0.1, -0.05) is 40.0 Å². The van der Waals surface area contributed by atoms with Crippen LogP contribution in [0.25, 0.3) is 0 Å². The number of hydrogen-bond acceptors (Lipinski definition) is 3. The van der Waals surface area contributed by atoms with Crippen molar-refractivity contribution in [2.45, 2.75) is 71.4 Å². The van der Waals surface area contributed by atoms with E-state index in [0.29, 0.717) is 6.04 Å². The predicted molar refractivity (Wildman–Crippen MR) is 82.7 cm³/mol. The van der Waals surface area contributed by atoms with Crippen LogP contribution in [0.4, 0.5) is 0 Å². The number of likely N-dealkylation sites (N-methyl/N-ethyl adjacent to an activating group) is 1. The van der Waals surface area contributed by atoms with E-state index in [9.17, 15) is 0 Å². The Morgan fingerprint density at radius 1 is 1.16 bits per heavy atom. The normalized spacial score (nSPS) is 22.1. The molecule has 1 rings (SSSR count). The van der Waals surface area contributed by atoms with Crippen LogP contribution in [-0.2, 0) is 4.74 Å². The smallest absolute Gasteiger partial charge is 0.0594 e. The van der Waals surface area contributed by atoms with E-state index in [0.717, 1.165) is 32.8 Å². The molecule has 0 radical (unpaired) electrons. The number of unbranched alkanes of at least 4 members (excludes halogenated alkanes) is 2. The van der Waals surface area contributed by atoms with Crippen LogP contribution in [0.3, 0.4) is 0 Å². The standard InChI is InChI=1S/C16H34N2O/c1-5-8-9-10-15(17-7-3)16(4,6-2)18-11-13-19-14-12-18/h15,17H,5-14H2,1-4H3. The second-order valence-corrected chi connectivity index (χ2v) is 5.92. The van der Waals surface area contributed by atoms with Gasteiger partial charge < -0.3 is 10.1 Å². The summed E-state index contributed by atoms with van der Waals surface area (Å²) in [7, 11) is 0. The molecule has 2 unspecified atom stereocenters. The largest absolute Gasteiger partial charge is 0.379 e. The minimum absolute atomic E-state index is 0.271. The van der Waals surface area contributed by atoms with E-state index >= 15 is 0 Å². The number of ether oxygens (including phenoxy) is 1. The Kier molecular flexibility index (Phi) is 7.96. The van der Waals surface area contributed by atoms with Crippen LogP contribution in [0, 0.1) is 0 Å². The number of nitrogens with zero attached hydrogens (tertiary/aromatic N) is 1. The molecular weight excluding hydrogens is 236 g/mol. The summed E-state index contributed by atoms with van der Waals surface area (Å²) in [5.74, 6) is 0. The lowest BCUT2D eigenvalue weighted by Gasteiger charge is -2.48. The quantitative estimate of drug-likeness (QED) is 0.652. The van der Waals surface area contributed by atoms with Crippen molar-refractivity contribution in [3.05, 3.63) is 0 Å². The summed E-state index contributed by atoms with van der Waals surface area (Å²) in [6.45, 7) is 14.3. The molecule has 19 heavy (non-hydrogen) atoms. The van der Waals surface area contributed by atoms with E-state index in [1.807, 2.05) is 0 Å². The predicted octanol–water partition coefficient (Wildman–Crippen LogP) is 3.05. The molecule has 3 nitrogen and oxygen atoms in total. The van der Waals surface area contributed by atoms with Crippen LogP contribution in [0.15, 0.2) is 0 Å². The summed E-state index contributed by atoms with van der Waals surface area (Å²) in [5, 5.41) is 3.75. The molecule has 114 valence electrons. The maximum atomic E-state index is 5.52. The van der Waals surface area contributed by atoms with Crippen molar-refractivity contribution >= 4 is 0 Å². The van der Waals surface area contributed by atoms with E-state index in [2.05, 4.69) is 37.9 Å². The molecule has 2 atom stereocenters. The van der Waals surface area contributed by atoms with Crippen LogP contribution >= 0.6 is 0 Å². The molecule has 0 aromatic carbocycles. The fourth-order valence-corrected chi connectivity index (χ4v) is 3.24. The molecule has 0 aliphatic carbocycles. The highest BCUT2D eigenvalue weighted by atomic mass is 16.5. The van der Waals surface area contributed by atoms with Gasteiger partial charge in [-0.3, -0.25) is 4.90 Å². The maximum absolute atomic E-state index is 5.52. The van der Waals surface area contributed by atoms with Gasteiger partial charge in [-0.2, -0.15) is 0 Å². The molecule has 0 aromatic rings. The van der Waals surface area contributed by atoms with Crippen LogP contribution in [-0.4, -0.2) is 49.3 Å². The monoisotopic (exact) mass is 270 g/mol. The van der Waals surface area contributed by atoms with Gasteiger partial charge in [0.15, 0.2) is 0 Å². The van der Waals surface area contributed by atoms with Gasteiger partial charge in [0, 0.05) is 24.7 Å². The molecule has 3 heteroatoms. The van der Waals surface area contributed by atoms with Crippen LogP contribution < -0.4 is 5.32 Å². The number of nitrogens with one attached hydrogen (secondary N) is 1. The van der Waals surface area contributed by atoms with Crippen molar-refractivity contribution in [3.63, 3.8) is 0 Å². The Balaban J connectivity index is 2.67. The highest BCUT2D eigenvalue weighted by molar-refractivity contribution is 4.96. The summed E-state index contributed by atoms with van der Waals surface area (Å²) in [5.41, 5.74) is 0.271. The Hall–Kier alpha value is -0.120. The van der Waals surface area contributed by atoms with E-state index in [4.69, 9.17) is 4.74 Å². The van der Waals surface area contributed by atoms with Gasteiger partial charge >= 0.3 is 0 Å². The van der Waals surface area contributed by atoms with Crippen molar-refractivity contribution in [3.8, 4) is 0 Å². The summed E-state index contributed by atoms with van der Waals surface area (Å²) >= 11 is 0. The third kappa shape index (κ3) is 4.73. The Bertz CT molecular complexity index is 229. The second-order valence-electron chi connectivity index (χ2n) is 5.92. The van der Waals surface area contributed by atoms with E-state index in [1.165, 1.54) is 32.1 Å². The minimum Gasteiger partial charge on any atom is -0.379 e. The molecule has 1 aliphatic rings. The van der Waals surface area contributed by atoms with Crippen LogP contribution in [0.2, 0.25) is 0 Å². The first-order valence-corrected chi connectivity index (χ1v) is 8.25. The Morgan fingerprint density at radius 3 is 2.37 bits per heavy atom. The molecule has 0 amide bonds. The van der Waals surface area contributed by atoms with Crippen molar-refractivity contribution < 1.29 is 4.74 Å². The SMILES string of the molecule is CCCCCC(NCC)C(C)(CC)N1CCOCC1. The van der Waals surface area contributed by atoms with Crippen LogP contribution in [0.5, 0.6) is 0 Å². The van der Waals surface area contributed by atoms with E-state index in [1.54, 1.807) is 0 Å². The summed E-state index contributed by atoms with van der Waals surface area (Å²) in [6.07, 6.45) is 6.50. The lowest BCUT2D eigenvalue weighted by atomic mass is 9.83. The molecule has 0 spiro atoms. The number of rotatable bonds is 9. The molecule has 0 bridgehead atoms. The molecule has 1 heterocycles. The van der Waals surface area contributed by atoms with Crippen molar-refractivity contribution in [1.82, 2.24) is 10.2 Å². The van der Waals surface area contributed by atoms with Gasteiger partial charge in [0.05, 0.1) is 13.2 Å². The van der Waals surface area contributed by atoms with Crippen molar-refractivity contribution in [2.24, 2.45) is 0 Å². The van der Waals surface area contributed by atoms with Crippen molar-refractivity contribution in [1.29, 1.82) is 0 Å². The molecule has 1 fully saturated rings. The first-order valence-electron chi connectivity index (χ1n) is 8.25. The second kappa shape index (κ2) is 8.93. The molecular formula is C16H34N2O. The highest BCUT2D eigenvalue weighted by Crippen LogP contribution is 2.28. The zero-order valence-electron chi connectivity index (χ0n) is 13.5. The molecule has 0 saturated carbocycles. The van der Waals surface area contributed by atoms with E-state index in [-0.39, 0.29) is 5.54 Å². The Labute approximate surface area is 120 Å². The topological polar surface area (TPSA) is 24.5 Å². The molecule has 1 aliphatic heterocycles. The maximum Gasteiger partial charge on any atom is 0.0594 e. The molecule has 1 N–H and O–H groups in total. The average Bonchev–Trinajstić information content (AvgIpc) is 2.46. The fraction of sp³-hybridized carbons (Fsp3) is 1.00. The fourth-order valence-electron chi connectivity index (χ4n) is 3.24. The summed E-state index contributed by atoms with van der Waals surface area (Å²) in [6, 6.07) is 0.604. The third-order valence-electron chi connectivity index (χ3n) is 4.75. The van der Waals surface area contributed by atoms with E-state index < -0.39 is 0 Å². The van der Waals surface area contributed by atoms with Gasteiger partial charge in [0.1, 0.15) is 0 Å². The molecule has 0 aromatic heterocycles. The van der Waals surface area contributed by atoms with Gasteiger partial charge in [0.2, 0.25) is 0 Å². The lowest BCUT2D eigenvalue weighted by molar-refractivity contribution is -0.0334. The minimum atomic E-state index is 0.271. The summed E-state index contributed by atoms with van der Waals surface area (Å²) in [4.78, 5) is 2.65. The van der Waals surface area contributed by atoms with Gasteiger partial charge in [-0.25, -0.2) is 0 Å². The summed E-state index contributed by atoms with van der Waals surface area (Å²) < 4.78 is 5.52. The zero-order valence-corrected chi connectivity index (χ0v) is 13.5. The first-order chi connectivity index (χ1) is 9.19. The molecule has 1 saturated heterocycles. The zero-order chi connectivity index (χ0) is 14.1. The highest BCUT2D eigenvalue weighted by Gasteiger charge is 2.37. The van der Waals surface area contributed by atoms with Crippen LogP contribution in [0.1, 0.15) is 59.8 Å². The lowest BCUT2D eigenvalue weighted by Crippen LogP contribution is -2.61. The number of hydrogen-bond donors (Lipinski definition) is 1. The van der Waals surface area contributed by atoms with Gasteiger partial charge in [-0.05, 0) is 26.3 Å². The Morgan fingerprint density at radius 2 is 1.84 bits per heavy atom. The van der Waals surface area contributed by atoms with Gasteiger partial charge in [0.25, 0.3) is 0 Å². The van der Waals surface area contributed by atoms with Gasteiger partial charge in [-0.15, -0.1) is 0 Å². The van der Waals surface area contributed by atoms with Crippen molar-refractivity contribution in [2.75, 3.05) is 32.8 Å².